The fourth-order valence-corrected chi connectivity index (χ4v) is 1.86. The second-order valence-corrected chi connectivity index (χ2v) is 4.28. The van der Waals surface area contributed by atoms with Crippen LogP contribution in [0.3, 0.4) is 0 Å². The molecule has 2 rings (SSSR count). The molecule has 6 heteroatoms. The molecule has 1 heterocycles. The highest BCUT2D eigenvalue weighted by Crippen LogP contribution is 2.35. The lowest BCUT2D eigenvalue weighted by Crippen LogP contribution is -1.98. The van der Waals surface area contributed by atoms with E-state index in [1.165, 1.54) is 24.8 Å². The van der Waals surface area contributed by atoms with Gasteiger partial charge in [0.2, 0.25) is 0 Å². The van der Waals surface area contributed by atoms with E-state index in [2.05, 4.69) is 5.10 Å². The minimum Gasteiger partial charge on any atom is -0.493 e. The zero-order valence-electron chi connectivity index (χ0n) is 10.9. The highest BCUT2D eigenvalue weighted by molar-refractivity contribution is 5.70. The van der Waals surface area contributed by atoms with Crippen molar-refractivity contribution in [1.82, 2.24) is 9.78 Å². The smallest absolute Gasteiger partial charge is 0.166 e. The number of methoxy groups -OCH3 is 1. The molecular formula is C13H15F2N3O. The Balaban J connectivity index is 2.65. The molecule has 2 N–H and O–H groups in total. The van der Waals surface area contributed by atoms with E-state index in [0.717, 1.165) is 6.07 Å². The maximum absolute atomic E-state index is 13.9. The van der Waals surface area contributed by atoms with Crippen molar-refractivity contribution >= 4 is 5.82 Å². The lowest BCUT2D eigenvalue weighted by Gasteiger charge is -2.11. The average Bonchev–Trinajstić information content (AvgIpc) is 2.68. The van der Waals surface area contributed by atoms with Crippen molar-refractivity contribution in [2.75, 3.05) is 12.8 Å². The summed E-state index contributed by atoms with van der Waals surface area (Å²) in [7, 11) is 3.02. The molecule has 2 aromatic rings. The molecule has 0 aliphatic carbocycles. The fourth-order valence-electron chi connectivity index (χ4n) is 1.86. The van der Waals surface area contributed by atoms with Gasteiger partial charge in [0.15, 0.2) is 11.6 Å². The summed E-state index contributed by atoms with van der Waals surface area (Å²) in [5.74, 6) is -0.164. The molecule has 19 heavy (non-hydrogen) atoms. The van der Waals surface area contributed by atoms with Crippen molar-refractivity contribution in [3.8, 4) is 17.0 Å². The summed E-state index contributed by atoms with van der Waals surface area (Å²) in [6, 6.07) is 4.23. The van der Waals surface area contributed by atoms with Gasteiger partial charge in [0.05, 0.1) is 12.8 Å². The van der Waals surface area contributed by atoms with Crippen LogP contribution in [0, 0.1) is 5.82 Å². The average molecular weight is 267 g/mol. The Hall–Kier alpha value is -2.11. The quantitative estimate of drug-likeness (QED) is 0.930. The number of alkyl halides is 1. The first-order valence-corrected chi connectivity index (χ1v) is 5.75. The highest BCUT2D eigenvalue weighted by Gasteiger charge is 2.18. The molecule has 0 saturated carbocycles. The standard InChI is InChI=1S/C13H15F2N3O/c1-7(14)8-4-9(13(19-3)10(15)5-8)11-6-12(16)18(2)17-11/h4-7H,16H2,1-3H3. The molecular weight excluding hydrogens is 252 g/mol. The lowest BCUT2D eigenvalue weighted by atomic mass is 10.0. The number of hydrogen-bond acceptors (Lipinski definition) is 3. The summed E-state index contributed by atoms with van der Waals surface area (Å²) in [5.41, 5.74) is 6.76. The number of ether oxygens (including phenoxy) is 1. The molecule has 1 atom stereocenters. The van der Waals surface area contributed by atoms with Gasteiger partial charge < -0.3 is 10.5 Å². The summed E-state index contributed by atoms with van der Waals surface area (Å²) in [5, 5.41) is 4.15. The van der Waals surface area contributed by atoms with Gasteiger partial charge in [-0.05, 0) is 24.6 Å². The topological polar surface area (TPSA) is 53.1 Å². The van der Waals surface area contributed by atoms with E-state index >= 15 is 0 Å². The first kappa shape index (κ1) is 13.3. The number of aryl methyl sites for hydroxylation is 1. The van der Waals surface area contributed by atoms with Gasteiger partial charge in [-0.2, -0.15) is 5.10 Å². The Bertz CT molecular complexity index is 589. The molecule has 0 amide bonds. The molecule has 1 aromatic heterocycles. The van der Waals surface area contributed by atoms with Crippen LogP contribution in [-0.2, 0) is 7.05 Å². The molecule has 0 radical (unpaired) electrons. The van der Waals surface area contributed by atoms with E-state index in [1.807, 2.05) is 0 Å². The van der Waals surface area contributed by atoms with Crippen LogP contribution < -0.4 is 10.5 Å². The molecule has 1 aromatic carbocycles. The van der Waals surface area contributed by atoms with E-state index in [-0.39, 0.29) is 11.3 Å². The van der Waals surface area contributed by atoms with Crippen LogP contribution in [-0.4, -0.2) is 16.9 Å². The summed E-state index contributed by atoms with van der Waals surface area (Å²) in [6.07, 6.45) is -1.28. The number of halogens is 2. The number of nitrogen functional groups attached to an aromatic ring is 1. The zero-order valence-corrected chi connectivity index (χ0v) is 10.9. The predicted molar refractivity (Wildman–Crippen MR) is 69.1 cm³/mol. The van der Waals surface area contributed by atoms with Crippen LogP contribution in [0.15, 0.2) is 18.2 Å². The van der Waals surface area contributed by atoms with Crippen LogP contribution in [0.25, 0.3) is 11.3 Å². The van der Waals surface area contributed by atoms with Crippen molar-refractivity contribution < 1.29 is 13.5 Å². The number of aromatic nitrogens is 2. The predicted octanol–water partition coefficient (Wildman–Crippen LogP) is 2.85. The maximum Gasteiger partial charge on any atom is 0.166 e. The van der Waals surface area contributed by atoms with Crippen molar-refractivity contribution in [2.24, 2.45) is 7.05 Å². The second-order valence-electron chi connectivity index (χ2n) is 4.28. The van der Waals surface area contributed by atoms with Crippen molar-refractivity contribution in [1.29, 1.82) is 0 Å². The fraction of sp³-hybridized carbons (Fsp3) is 0.308. The van der Waals surface area contributed by atoms with Crippen LogP contribution >= 0.6 is 0 Å². The molecule has 0 saturated heterocycles. The Morgan fingerprint density at radius 2 is 2.05 bits per heavy atom. The lowest BCUT2D eigenvalue weighted by molar-refractivity contribution is 0.366. The van der Waals surface area contributed by atoms with Gasteiger partial charge >= 0.3 is 0 Å². The number of nitrogens with zero attached hydrogens (tertiary/aromatic N) is 2. The molecule has 0 aliphatic heterocycles. The van der Waals surface area contributed by atoms with E-state index in [0.29, 0.717) is 17.1 Å². The minimum atomic E-state index is -1.28. The number of hydrogen-bond donors (Lipinski definition) is 1. The number of nitrogens with two attached hydrogens (primary N) is 1. The minimum absolute atomic E-state index is 0.0301. The van der Waals surface area contributed by atoms with Gasteiger partial charge in [0.1, 0.15) is 12.0 Å². The van der Waals surface area contributed by atoms with Crippen LogP contribution in [0.2, 0.25) is 0 Å². The molecule has 0 aliphatic rings. The third-order valence-electron chi connectivity index (χ3n) is 2.92. The SMILES string of the molecule is COc1c(F)cc(C(C)F)cc1-c1cc(N)n(C)n1. The largest absolute Gasteiger partial charge is 0.493 e. The maximum atomic E-state index is 13.9. The normalized spacial score (nSPS) is 12.5. The Labute approximate surface area is 109 Å². The Kier molecular flexibility index (Phi) is 3.42. The summed E-state index contributed by atoms with van der Waals surface area (Å²) in [6.45, 7) is 1.35. The van der Waals surface area contributed by atoms with Crippen LogP contribution in [0.1, 0.15) is 18.7 Å². The van der Waals surface area contributed by atoms with Gasteiger partial charge in [-0.15, -0.1) is 0 Å². The third kappa shape index (κ3) is 2.38. The summed E-state index contributed by atoms with van der Waals surface area (Å²) in [4.78, 5) is 0. The number of anilines is 1. The molecule has 0 fully saturated rings. The first-order chi connectivity index (χ1) is 8.93. The van der Waals surface area contributed by atoms with E-state index in [1.54, 1.807) is 13.1 Å². The molecule has 0 bridgehead atoms. The monoisotopic (exact) mass is 267 g/mol. The van der Waals surface area contributed by atoms with Gasteiger partial charge in [-0.25, -0.2) is 8.78 Å². The molecule has 0 spiro atoms. The summed E-state index contributed by atoms with van der Waals surface area (Å²) >= 11 is 0. The van der Waals surface area contributed by atoms with Gasteiger partial charge in [0, 0.05) is 18.7 Å². The first-order valence-electron chi connectivity index (χ1n) is 5.75. The van der Waals surface area contributed by atoms with Gasteiger partial charge in [-0.1, -0.05) is 0 Å². The highest BCUT2D eigenvalue weighted by atomic mass is 19.1. The molecule has 4 nitrogen and oxygen atoms in total. The molecule has 1 unspecified atom stereocenters. The number of benzene rings is 1. The third-order valence-corrected chi connectivity index (χ3v) is 2.92. The second kappa shape index (κ2) is 4.87. The van der Waals surface area contributed by atoms with Crippen LogP contribution in [0.5, 0.6) is 5.75 Å². The van der Waals surface area contributed by atoms with Crippen LogP contribution in [0.4, 0.5) is 14.6 Å². The Morgan fingerprint density at radius 1 is 1.37 bits per heavy atom. The van der Waals surface area contributed by atoms with E-state index < -0.39 is 12.0 Å². The van der Waals surface area contributed by atoms with Crippen molar-refractivity contribution in [3.63, 3.8) is 0 Å². The zero-order chi connectivity index (χ0) is 14.2. The van der Waals surface area contributed by atoms with Crippen molar-refractivity contribution in [3.05, 3.63) is 29.6 Å². The number of rotatable bonds is 3. The van der Waals surface area contributed by atoms with Gasteiger partial charge in [-0.3, -0.25) is 4.68 Å². The van der Waals surface area contributed by atoms with E-state index in [9.17, 15) is 8.78 Å². The Morgan fingerprint density at radius 3 is 2.53 bits per heavy atom. The van der Waals surface area contributed by atoms with Gasteiger partial charge in [0.25, 0.3) is 0 Å². The molecule has 102 valence electrons. The van der Waals surface area contributed by atoms with E-state index in [4.69, 9.17) is 10.5 Å². The van der Waals surface area contributed by atoms with Crippen molar-refractivity contribution in [2.45, 2.75) is 13.1 Å². The summed E-state index contributed by atoms with van der Waals surface area (Å²) < 4.78 is 33.8.